The summed E-state index contributed by atoms with van der Waals surface area (Å²) in [5, 5.41) is 7.72. The average molecular weight is 563 g/mol. The third kappa shape index (κ3) is 5.11. The number of hydrogen-bond donors (Lipinski definition) is 1. The molecule has 18 heteroatoms. The minimum Gasteiger partial charge on any atom is -0.415 e. The molecule has 0 bridgehead atoms. The molecule has 4 rings (SSSR count). The molecule has 2 amide bonds. The van der Waals surface area contributed by atoms with E-state index in [0.717, 1.165) is 17.2 Å². The van der Waals surface area contributed by atoms with E-state index in [-0.39, 0.29) is 29.7 Å². The third-order valence-corrected chi connectivity index (χ3v) is 6.12. The van der Waals surface area contributed by atoms with Crippen LogP contribution in [0.3, 0.4) is 0 Å². The Kier molecular flexibility index (Phi) is 6.80. The molecule has 1 saturated carbocycles. The lowest BCUT2D eigenvalue weighted by Crippen LogP contribution is -2.64. The van der Waals surface area contributed by atoms with Gasteiger partial charge in [-0.15, -0.1) is 10.2 Å². The lowest BCUT2D eigenvalue weighted by atomic mass is 9.85. The van der Waals surface area contributed by atoms with Crippen molar-refractivity contribution in [3.63, 3.8) is 0 Å². The van der Waals surface area contributed by atoms with E-state index >= 15 is 0 Å². The molecule has 208 valence electrons. The molecule has 0 spiro atoms. The van der Waals surface area contributed by atoms with Gasteiger partial charge in [0, 0.05) is 12.6 Å². The SMILES string of the molecule is O=C(N[C@H]1[C@H](N2Cc3ncc(-c4nnc(C(F)F)o4)cc3C2=O)CCCC1(F)F)C(C(F)(F)F)C(F)(F)F. The van der Waals surface area contributed by atoms with Crippen molar-refractivity contribution in [2.45, 2.75) is 62.6 Å². The first-order chi connectivity index (χ1) is 17.5. The van der Waals surface area contributed by atoms with Crippen molar-refractivity contribution in [2.75, 3.05) is 0 Å². The Hall–Kier alpha value is -3.47. The van der Waals surface area contributed by atoms with Crippen LogP contribution in [0.2, 0.25) is 0 Å². The standard InChI is InChI=1S/C20H15F10N5O3/c21-13(22)16-34-33-15(38-16)7-4-8-9(31-5-7)6-35(17(8)37)10-2-1-3-18(23,24)12(10)32-14(36)11(19(25,26)27)20(28,29)30/h4-5,10-13H,1-3,6H2,(H,32,36)/t10-,12+/m1/s1. The number of alkyl halides is 10. The van der Waals surface area contributed by atoms with Crippen LogP contribution in [-0.2, 0) is 11.3 Å². The van der Waals surface area contributed by atoms with Gasteiger partial charge in [0.05, 0.1) is 29.4 Å². The van der Waals surface area contributed by atoms with Crippen LogP contribution in [0.5, 0.6) is 0 Å². The monoisotopic (exact) mass is 563 g/mol. The highest BCUT2D eigenvalue weighted by molar-refractivity contribution is 5.99. The number of nitrogens with one attached hydrogen (secondary N) is 1. The fourth-order valence-electron chi connectivity index (χ4n) is 4.42. The molecule has 2 aromatic rings. The predicted octanol–water partition coefficient (Wildman–Crippen LogP) is 4.44. The molecule has 2 aliphatic rings. The van der Waals surface area contributed by atoms with Crippen molar-refractivity contribution in [3.8, 4) is 11.5 Å². The summed E-state index contributed by atoms with van der Waals surface area (Å²) in [6.45, 7) is -0.463. The van der Waals surface area contributed by atoms with Gasteiger partial charge in [0.2, 0.25) is 17.7 Å². The van der Waals surface area contributed by atoms with Crippen LogP contribution in [0.1, 0.15) is 47.6 Å². The van der Waals surface area contributed by atoms with E-state index in [1.54, 1.807) is 0 Å². The van der Waals surface area contributed by atoms with Crippen LogP contribution >= 0.6 is 0 Å². The van der Waals surface area contributed by atoms with Crippen LogP contribution < -0.4 is 5.32 Å². The zero-order valence-electron chi connectivity index (χ0n) is 18.6. The molecule has 2 atom stereocenters. The molecule has 3 heterocycles. The molecule has 0 saturated heterocycles. The average Bonchev–Trinajstić information content (AvgIpc) is 3.38. The summed E-state index contributed by atoms with van der Waals surface area (Å²) in [5.41, 5.74) is -0.313. The maximum absolute atomic E-state index is 14.8. The van der Waals surface area contributed by atoms with Crippen molar-refractivity contribution >= 4 is 11.8 Å². The van der Waals surface area contributed by atoms with Crippen LogP contribution in [0, 0.1) is 5.92 Å². The Morgan fingerprint density at radius 2 is 1.79 bits per heavy atom. The molecule has 1 N–H and O–H groups in total. The molecule has 0 aromatic carbocycles. The van der Waals surface area contributed by atoms with Crippen molar-refractivity contribution in [3.05, 3.63) is 29.4 Å². The molecule has 0 unspecified atom stereocenters. The van der Waals surface area contributed by atoms with Gasteiger partial charge in [0.1, 0.15) is 6.04 Å². The van der Waals surface area contributed by atoms with Gasteiger partial charge < -0.3 is 14.6 Å². The number of hydrogen-bond acceptors (Lipinski definition) is 6. The molecular weight excluding hydrogens is 548 g/mol. The molecule has 2 aromatic heterocycles. The molecule has 1 aliphatic heterocycles. The Balaban J connectivity index is 1.62. The number of carbonyl (C=O) groups excluding carboxylic acids is 2. The Labute approximate surface area is 205 Å². The number of halogens is 10. The summed E-state index contributed by atoms with van der Waals surface area (Å²) in [4.78, 5) is 29.8. The van der Waals surface area contributed by atoms with E-state index in [1.165, 1.54) is 5.32 Å². The summed E-state index contributed by atoms with van der Waals surface area (Å²) in [5.74, 6) is -13.7. The molecule has 38 heavy (non-hydrogen) atoms. The maximum Gasteiger partial charge on any atom is 0.409 e. The van der Waals surface area contributed by atoms with E-state index in [2.05, 4.69) is 15.2 Å². The second-order valence-electron chi connectivity index (χ2n) is 8.62. The highest BCUT2D eigenvalue weighted by Gasteiger charge is 2.62. The normalized spacial score (nSPS) is 21.8. The molecular formula is C20H15F10N5O3. The van der Waals surface area contributed by atoms with Gasteiger partial charge in [0.15, 0.2) is 0 Å². The van der Waals surface area contributed by atoms with Crippen molar-refractivity contribution in [2.24, 2.45) is 5.92 Å². The minimum absolute atomic E-state index is 0.00484. The first kappa shape index (κ1) is 27.6. The van der Waals surface area contributed by atoms with Crippen LogP contribution in [-0.4, -0.2) is 62.3 Å². The molecule has 1 fully saturated rings. The number of amides is 2. The number of carbonyl (C=O) groups is 2. The van der Waals surface area contributed by atoms with E-state index in [4.69, 9.17) is 4.42 Å². The van der Waals surface area contributed by atoms with Crippen molar-refractivity contribution in [1.29, 1.82) is 0 Å². The molecule has 0 radical (unpaired) electrons. The first-order valence-corrected chi connectivity index (χ1v) is 10.7. The topological polar surface area (TPSA) is 101 Å². The second kappa shape index (κ2) is 9.37. The van der Waals surface area contributed by atoms with E-state index < -0.39 is 79.3 Å². The van der Waals surface area contributed by atoms with Gasteiger partial charge in [-0.2, -0.15) is 35.1 Å². The zero-order valence-corrected chi connectivity index (χ0v) is 18.6. The minimum atomic E-state index is -6.11. The summed E-state index contributed by atoms with van der Waals surface area (Å²) < 4.78 is 138. The second-order valence-corrected chi connectivity index (χ2v) is 8.62. The van der Waals surface area contributed by atoms with E-state index in [1.807, 2.05) is 0 Å². The predicted molar refractivity (Wildman–Crippen MR) is 102 cm³/mol. The Bertz CT molecular complexity index is 1210. The van der Waals surface area contributed by atoms with Crippen LogP contribution in [0.4, 0.5) is 43.9 Å². The van der Waals surface area contributed by atoms with Gasteiger partial charge >= 0.3 is 18.8 Å². The quantitative estimate of drug-likeness (QED) is 0.541. The summed E-state index contributed by atoms with van der Waals surface area (Å²) >= 11 is 0. The highest BCUT2D eigenvalue weighted by Crippen LogP contribution is 2.42. The maximum atomic E-state index is 14.8. The van der Waals surface area contributed by atoms with Crippen molar-refractivity contribution in [1.82, 2.24) is 25.4 Å². The van der Waals surface area contributed by atoms with E-state index in [9.17, 15) is 53.5 Å². The van der Waals surface area contributed by atoms with Crippen LogP contribution in [0.15, 0.2) is 16.7 Å². The summed E-state index contributed by atoms with van der Waals surface area (Å²) in [6, 6.07) is -3.17. The number of fused-ring (bicyclic) bond motifs is 1. The fourth-order valence-corrected chi connectivity index (χ4v) is 4.42. The lowest BCUT2D eigenvalue weighted by molar-refractivity contribution is -0.275. The summed E-state index contributed by atoms with van der Waals surface area (Å²) in [6.07, 6.45) is -15.8. The zero-order chi connectivity index (χ0) is 28.2. The smallest absolute Gasteiger partial charge is 0.409 e. The number of nitrogens with zero attached hydrogens (tertiary/aromatic N) is 4. The third-order valence-electron chi connectivity index (χ3n) is 6.12. The fraction of sp³-hybridized carbons (Fsp3) is 0.550. The van der Waals surface area contributed by atoms with Gasteiger partial charge in [-0.25, -0.2) is 8.78 Å². The van der Waals surface area contributed by atoms with Gasteiger partial charge in [0.25, 0.3) is 17.7 Å². The van der Waals surface area contributed by atoms with Gasteiger partial charge in [-0.3, -0.25) is 14.6 Å². The van der Waals surface area contributed by atoms with Gasteiger partial charge in [-0.05, 0) is 18.9 Å². The molecule has 8 nitrogen and oxygen atoms in total. The largest absolute Gasteiger partial charge is 0.415 e. The molecule has 1 aliphatic carbocycles. The Morgan fingerprint density at radius 1 is 1.13 bits per heavy atom. The van der Waals surface area contributed by atoms with Crippen molar-refractivity contribution < 1.29 is 57.9 Å². The highest BCUT2D eigenvalue weighted by atomic mass is 19.4. The summed E-state index contributed by atoms with van der Waals surface area (Å²) in [7, 11) is 0. The van der Waals surface area contributed by atoms with E-state index in [0.29, 0.717) is 0 Å². The number of aromatic nitrogens is 3. The number of pyridine rings is 1. The number of rotatable bonds is 5. The lowest BCUT2D eigenvalue weighted by Gasteiger charge is -2.43. The Morgan fingerprint density at radius 3 is 2.37 bits per heavy atom. The van der Waals surface area contributed by atoms with Crippen LogP contribution in [0.25, 0.3) is 11.5 Å². The van der Waals surface area contributed by atoms with Gasteiger partial charge in [-0.1, -0.05) is 0 Å². The first-order valence-electron chi connectivity index (χ1n) is 10.7.